The zero-order valence-corrected chi connectivity index (χ0v) is 21.9. The zero-order chi connectivity index (χ0) is 23.6. The number of aliphatic carboxylic acids is 2. The van der Waals surface area contributed by atoms with Crippen LogP contribution in [0.1, 0.15) is 37.7 Å². The summed E-state index contributed by atoms with van der Waals surface area (Å²) in [5.74, 6) is -0.793. The van der Waals surface area contributed by atoms with Gasteiger partial charge in [-0.25, -0.2) is 13.1 Å². The molecule has 2 saturated heterocycles. The Balaban J connectivity index is 0.00000216. The van der Waals surface area contributed by atoms with E-state index in [9.17, 15) is 28.2 Å². The van der Waals surface area contributed by atoms with E-state index >= 15 is 0 Å². The van der Waals surface area contributed by atoms with Crippen LogP contribution in [0.25, 0.3) is 0 Å². The fourth-order valence-electron chi connectivity index (χ4n) is 5.79. The Morgan fingerprint density at radius 3 is 2.37 bits per heavy atom. The van der Waals surface area contributed by atoms with Crippen LogP contribution >= 0.6 is 24.8 Å². The number of nitrogens with zero attached hydrogens (tertiary/aromatic N) is 1. The van der Waals surface area contributed by atoms with E-state index < -0.39 is 39.3 Å². The molecule has 3 fully saturated rings. The molecule has 6 atom stereocenters. The third kappa shape index (κ3) is 7.30. The molecule has 1 unspecified atom stereocenters. The van der Waals surface area contributed by atoms with Crippen molar-refractivity contribution in [2.45, 2.75) is 56.0 Å². The summed E-state index contributed by atoms with van der Waals surface area (Å²) in [4.78, 5) is 25.1. The highest BCUT2D eigenvalue weighted by atomic mass is 35.5. The molecule has 1 aliphatic carbocycles. The second-order valence-corrected chi connectivity index (χ2v) is 11.8. The molecule has 1 saturated carbocycles. The highest BCUT2D eigenvalue weighted by molar-refractivity contribution is 7.90. The van der Waals surface area contributed by atoms with Crippen LogP contribution in [0.15, 0.2) is 30.3 Å². The van der Waals surface area contributed by atoms with Crippen molar-refractivity contribution in [3.8, 4) is 0 Å². The van der Waals surface area contributed by atoms with E-state index in [1.165, 1.54) is 0 Å². The molecule has 0 bridgehead atoms. The van der Waals surface area contributed by atoms with Crippen LogP contribution in [0.4, 0.5) is 0 Å². The zero-order valence-electron chi connectivity index (χ0n) is 19.4. The maximum atomic E-state index is 12.9. The van der Waals surface area contributed by atoms with Gasteiger partial charge in [-0.05, 0) is 62.0 Å². The summed E-state index contributed by atoms with van der Waals surface area (Å²) in [5, 5.41) is 21.4. The Kier molecular flexibility index (Phi) is 10.8. The van der Waals surface area contributed by atoms with Gasteiger partial charge in [-0.15, -0.1) is 24.8 Å². The van der Waals surface area contributed by atoms with Gasteiger partial charge in [0.2, 0.25) is 10.0 Å². The molecular weight excluding hydrogens is 517 g/mol. The number of benzene rings is 1. The number of fused-ring (bicyclic) bond motifs is 1. The lowest BCUT2D eigenvalue weighted by molar-refractivity contribution is -0.143. The predicted molar refractivity (Wildman–Crippen MR) is 136 cm³/mol. The summed E-state index contributed by atoms with van der Waals surface area (Å²) in [5.41, 5.74) is 0.851. The van der Waals surface area contributed by atoms with Gasteiger partial charge in [0.25, 0.3) is 0 Å². The topological polar surface area (TPSA) is 136 Å². The molecular formula is C23H35Cl2N3O6S. The molecule has 198 valence electrons. The molecule has 1 aromatic rings. The molecule has 1 aromatic carbocycles. The smallest absolute Gasteiger partial charge is 0.320 e. The minimum Gasteiger partial charge on any atom is -0.480 e. The summed E-state index contributed by atoms with van der Waals surface area (Å²) < 4.78 is 28.5. The molecule has 12 heteroatoms. The number of rotatable bonds is 8. The fraction of sp³-hybridized carbons (Fsp3) is 0.652. The quantitative estimate of drug-likeness (QED) is 0.385. The molecule has 0 amide bonds. The average molecular weight is 553 g/mol. The van der Waals surface area contributed by atoms with Crippen molar-refractivity contribution in [2.24, 2.45) is 17.8 Å². The molecule has 4 N–H and O–H groups in total. The number of sulfonamides is 1. The van der Waals surface area contributed by atoms with Crippen molar-refractivity contribution >= 4 is 46.8 Å². The monoisotopic (exact) mass is 551 g/mol. The van der Waals surface area contributed by atoms with Gasteiger partial charge >= 0.3 is 11.9 Å². The third-order valence-corrected chi connectivity index (χ3v) is 9.38. The number of carboxylic acids is 2. The number of likely N-dealkylation sites (tertiary alicyclic amines) is 1. The summed E-state index contributed by atoms with van der Waals surface area (Å²) in [6.45, 7) is 1.63. The van der Waals surface area contributed by atoms with Crippen LogP contribution in [0.5, 0.6) is 0 Å². The van der Waals surface area contributed by atoms with Crippen LogP contribution in [0, 0.1) is 17.8 Å². The lowest BCUT2D eigenvalue weighted by Gasteiger charge is -2.42. The molecule has 0 aromatic heterocycles. The van der Waals surface area contributed by atoms with Gasteiger partial charge in [0, 0.05) is 19.6 Å². The second kappa shape index (κ2) is 12.7. The maximum absolute atomic E-state index is 12.9. The number of hydrogen-bond donors (Lipinski definition) is 4. The van der Waals surface area contributed by atoms with E-state index in [2.05, 4.69) is 10.0 Å². The minimum atomic E-state index is -3.66. The number of halogens is 2. The molecule has 3 aliphatic rings. The Labute approximate surface area is 218 Å². The van der Waals surface area contributed by atoms with E-state index in [4.69, 9.17) is 0 Å². The van der Waals surface area contributed by atoms with E-state index in [0.29, 0.717) is 31.3 Å². The fourth-order valence-corrected chi connectivity index (χ4v) is 7.22. The molecule has 35 heavy (non-hydrogen) atoms. The van der Waals surface area contributed by atoms with Gasteiger partial charge in [-0.1, -0.05) is 30.3 Å². The standard InChI is InChI=1S/C23H33N3O6S.2ClH/c27-22(28)20-9-18-8-16(6-7-17(18)12-24-20)13-26-14-19(10-21(26)23(29)30)33(31,32)25-11-15-4-2-1-3-5-15;;/h1-5,16-21,24-25H,6-14H2,(H,27,28)(H,29,30);2*1H/t16-,17+,18-,19-,20?,21-;;/m0../s1. The molecule has 4 rings (SSSR count). The Bertz CT molecular complexity index is 967. The van der Waals surface area contributed by atoms with Crippen molar-refractivity contribution < 1.29 is 28.2 Å². The van der Waals surface area contributed by atoms with Crippen molar-refractivity contribution in [1.29, 1.82) is 0 Å². The lowest BCUT2D eigenvalue weighted by atomic mass is 9.69. The van der Waals surface area contributed by atoms with Crippen molar-refractivity contribution in [3.63, 3.8) is 0 Å². The van der Waals surface area contributed by atoms with Crippen LogP contribution in [-0.2, 0) is 26.2 Å². The first-order chi connectivity index (χ1) is 15.7. The second-order valence-electron chi connectivity index (χ2n) is 9.75. The van der Waals surface area contributed by atoms with Gasteiger partial charge in [-0.3, -0.25) is 14.5 Å². The van der Waals surface area contributed by atoms with E-state index in [-0.39, 0.29) is 50.2 Å². The lowest BCUT2D eigenvalue weighted by Crippen LogP contribution is -2.50. The molecule has 2 aliphatic heterocycles. The number of piperidine rings is 1. The largest absolute Gasteiger partial charge is 0.480 e. The summed E-state index contributed by atoms with van der Waals surface area (Å²) in [7, 11) is -3.66. The normalized spacial score (nSPS) is 31.0. The van der Waals surface area contributed by atoms with Crippen LogP contribution < -0.4 is 10.0 Å². The molecule has 9 nitrogen and oxygen atoms in total. The average Bonchev–Trinajstić information content (AvgIpc) is 3.23. The highest BCUT2D eigenvalue weighted by Crippen LogP contribution is 2.39. The summed E-state index contributed by atoms with van der Waals surface area (Å²) in [6.07, 6.45) is 3.47. The van der Waals surface area contributed by atoms with Crippen molar-refractivity contribution in [2.75, 3.05) is 19.6 Å². The van der Waals surface area contributed by atoms with E-state index in [1.807, 2.05) is 35.2 Å². The first-order valence-electron chi connectivity index (χ1n) is 11.7. The van der Waals surface area contributed by atoms with Gasteiger partial charge < -0.3 is 15.5 Å². The Hall–Kier alpha value is -1.43. The van der Waals surface area contributed by atoms with Gasteiger partial charge in [0.15, 0.2) is 0 Å². The summed E-state index contributed by atoms with van der Waals surface area (Å²) >= 11 is 0. The number of carboxylic acid groups (broad SMARTS) is 2. The molecule has 0 spiro atoms. The predicted octanol–water partition coefficient (Wildman–Crippen LogP) is 1.96. The number of carbonyl (C=O) groups is 2. The molecule has 0 radical (unpaired) electrons. The minimum absolute atomic E-state index is 0. The first-order valence-corrected chi connectivity index (χ1v) is 13.2. The SMILES string of the molecule is Cl.Cl.O=C(O)C1C[C@@H]2C[C@@H](CN3C[C@@H](S(=O)(=O)NCc4ccccc4)C[C@H]3C(=O)O)CC[C@@H]2CN1. The summed E-state index contributed by atoms with van der Waals surface area (Å²) in [6, 6.07) is 7.90. The number of hydrogen-bond acceptors (Lipinski definition) is 6. The van der Waals surface area contributed by atoms with Crippen LogP contribution in [-0.4, -0.2) is 72.4 Å². The van der Waals surface area contributed by atoms with Gasteiger partial charge in [-0.2, -0.15) is 0 Å². The Morgan fingerprint density at radius 1 is 1.00 bits per heavy atom. The molecule has 2 heterocycles. The Morgan fingerprint density at radius 2 is 1.71 bits per heavy atom. The van der Waals surface area contributed by atoms with E-state index in [1.54, 1.807) is 0 Å². The van der Waals surface area contributed by atoms with Crippen molar-refractivity contribution in [1.82, 2.24) is 14.9 Å². The van der Waals surface area contributed by atoms with Gasteiger partial charge in [0.05, 0.1) is 5.25 Å². The number of nitrogens with one attached hydrogen (secondary N) is 2. The van der Waals surface area contributed by atoms with Crippen LogP contribution in [0.3, 0.4) is 0 Å². The van der Waals surface area contributed by atoms with Crippen molar-refractivity contribution in [3.05, 3.63) is 35.9 Å². The maximum Gasteiger partial charge on any atom is 0.320 e. The van der Waals surface area contributed by atoms with Gasteiger partial charge in [0.1, 0.15) is 12.1 Å². The third-order valence-electron chi connectivity index (χ3n) is 7.61. The highest BCUT2D eigenvalue weighted by Gasteiger charge is 2.44. The van der Waals surface area contributed by atoms with Crippen LogP contribution in [0.2, 0.25) is 0 Å². The first kappa shape index (κ1) is 29.8. The van der Waals surface area contributed by atoms with E-state index in [0.717, 1.165) is 24.8 Å².